The van der Waals surface area contributed by atoms with Gasteiger partial charge in [0.1, 0.15) is 0 Å². The van der Waals surface area contributed by atoms with E-state index in [1.54, 1.807) is 6.20 Å². The van der Waals surface area contributed by atoms with Crippen molar-refractivity contribution < 1.29 is 0 Å². The molecule has 1 aliphatic heterocycles. The summed E-state index contributed by atoms with van der Waals surface area (Å²) in [6.45, 7) is 8.00. The zero-order chi connectivity index (χ0) is 12.9. The summed E-state index contributed by atoms with van der Waals surface area (Å²) in [6, 6.07) is 5.83. The monoisotopic (exact) mass is 230 g/mol. The van der Waals surface area contributed by atoms with Crippen molar-refractivity contribution in [1.82, 2.24) is 4.98 Å². The Hall–Kier alpha value is -1.70. The number of rotatable bonds is 1. The van der Waals surface area contributed by atoms with E-state index >= 15 is 0 Å². The zero-order valence-corrected chi connectivity index (χ0v) is 11.2. The van der Waals surface area contributed by atoms with E-state index in [4.69, 9.17) is 0 Å². The van der Waals surface area contributed by atoms with Crippen molar-refractivity contribution in [3.63, 3.8) is 0 Å². The van der Waals surface area contributed by atoms with Crippen LogP contribution in [0.4, 0.5) is 0 Å². The first-order chi connectivity index (χ1) is 8.47. The van der Waals surface area contributed by atoms with Crippen LogP contribution in [0.2, 0.25) is 0 Å². The van der Waals surface area contributed by atoms with Gasteiger partial charge in [0.2, 0.25) is 0 Å². The quantitative estimate of drug-likeness (QED) is 0.702. The van der Waals surface area contributed by atoms with Crippen LogP contribution in [0, 0.1) is 0 Å². The fourth-order valence-electron chi connectivity index (χ4n) is 1.16. The molecule has 0 spiro atoms. The van der Waals surface area contributed by atoms with E-state index in [9.17, 15) is 0 Å². The first-order valence-corrected chi connectivity index (χ1v) is 6.27. The van der Waals surface area contributed by atoms with Gasteiger partial charge >= 0.3 is 0 Å². The minimum Gasteiger partial charge on any atom is -0.255 e. The molecule has 17 heavy (non-hydrogen) atoms. The Balaban J connectivity index is 0.000000581. The Kier molecular flexibility index (Phi) is 9.73. The molecule has 1 aliphatic rings. The normalized spacial score (nSPS) is 12.4. The SMILES string of the molecule is C1=CN=C(c2ccccn2)C=CC1.CC.CC. The predicted octanol–water partition coefficient (Wildman–Crippen LogP) is 4.40. The molecule has 2 heterocycles. The number of aromatic nitrogens is 1. The third-order valence-electron chi connectivity index (χ3n) is 1.79. The molecular formula is C15H22N2. The maximum Gasteiger partial charge on any atom is 0.0885 e. The summed E-state index contributed by atoms with van der Waals surface area (Å²) in [4.78, 5) is 8.51. The molecule has 0 saturated carbocycles. The van der Waals surface area contributed by atoms with E-state index in [1.807, 2.05) is 64.2 Å². The first kappa shape index (κ1) is 15.3. The van der Waals surface area contributed by atoms with Gasteiger partial charge in [-0.2, -0.15) is 0 Å². The average Bonchev–Trinajstić information content (AvgIpc) is 2.73. The molecule has 0 N–H and O–H groups in total. The number of aliphatic imine (C=N–C) groups is 1. The van der Waals surface area contributed by atoms with Gasteiger partial charge in [0.15, 0.2) is 0 Å². The lowest BCUT2D eigenvalue weighted by atomic mass is 10.2. The minimum absolute atomic E-state index is 0.922. The average molecular weight is 230 g/mol. The Morgan fingerprint density at radius 2 is 1.76 bits per heavy atom. The van der Waals surface area contributed by atoms with Crippen LogP contribution < -0.4 is 0 Å². The van der Waals surface area contributed by atoms with Crippen LogP contribution in [0.1, 0.15) is 39.8 Å². The summed E-state index contributed by atoms with van der Waals surface area (Å²) in [6.07, 6.45) is 10.6. The fourth-order valence-corrected chi connectivity index (χ4v) is 1.16. The number of allylic oxidation sites excluding steroid dienone is 3. The van der Waals surface area contributed by atoms with Crippen LogP contribution in [0.5, 0.6) is 0 Å². The van der Waals surface area contributed by atoms with Crippen LogP contribution in [0.15, 0.2) is 53.8 Å². The Labute approximate surface area is 105 Å². The Morgan fingerprint density at radius 3 is 2.41 bits per heavy atom. The molecule has 0 bridgehead atoms. The van der Waals surface area contributed by atoms with Gasteiger partial charge in [0, 0.05) is 12.4 Å². The van der Waals surface area contributed by atoms with Gasteiger partial charge in [-0.1, -0.05) is 45.9 Å². The van der Waals surface area contributed by atoms with Gasteiger partial charge in [-0.3, -0.25) is 9.98 Å². The highest BCUT2D eigenvalue weighted by atomic mass is 14.8. The van der Waals surface area contributed by atoms with Gasteiger partial charge in [0.25, 0.3) is 0 Å². The predicted molar refractivity (Wildman–Crippen MR) is 76.4 cm³/mol. The van der Waals surface area contributed by atoms with Gasteiger partial charge in [-0.15, -0.1) is 0 Å². The second-order valence-corrected chi connectivity index (χ2v) is 2.75. The third-order valence-corrected chi connectivity index (χ3v) is 1.79. The van der Waals surface area contributed by atoms with Gasteiger partial charge in [-0.05, 0) is 24.6 Å². The number of hydrogen-bond donors (Lipinski definition) is 0. The van der Waals surface area contributed by atoms with E-state index in [0.717, 1.165) is 17.8 Å². The first-order valence-electron chi connectivity index (χ1n) is 6.27. The fraction of sp³-hybridized carbons (Fsp3) is 0.333. The summed E-state index contributed by atoms with van der Waals surface area (Å²) >= 11 is 0. The highest BCUT2D eigenvalue weighted by Gasteiger charge is 1.99. The number of nitrogens with zero attached hydrogens (tertiary/aromatic N) is 2. The third kappa shape index (κ3) is 5.81. The number of pyridine rings is 1. The second-order valence-electron chi connectivity index (χ2n) is 2.75. The molecule has 0 unspecified atom stereocenters. The maximum absolute atomic E-state index is 4.28. The van der Waals surface area contributed by atoms with Gasteiger partial charge < -0.3 is 0 Å². The van der Waals surface area contributed by atoms with Crippen LogP contribution in [0.3, 0.4) is 0 Å². The summed E-state index contributed by atoms with van der Waals surface area (Å²) in [7, 11) is 0. The van der Waals surface area contributed by atoms with Crippen molar-refractivity contribution in [2.45, 2.75) is 34.1 Å². The number of hydrogen-bond acceptors (Lipinski definition) is 2. The summed E-state index contributed by atoms with van der Waals surface area (Å²) in [5.41, 5.74) is 1.85. The topological polar surface area (TPSA) is 25.2 Å². The van der Waals surface area contributed by atoms with E-state index < -0.39 is 0 Å². The van der Waals surface area contributed by atoms with E-state index in [0.29, 0.717) is 0 Å². The molecule has 0 aromatic carbocycles. The van der Waals surface area contributed by atoms with E-state index in [2.05, 4.69) is 16.1 Å². The Morgan fingerprint density at radius 1 is 1.00 bits per heavy atom. The largest absolute Gasteiger partial charge is 0.255 e. The molecule has 1 aromatic heterocycles. The molecule has 92 valence electrons. The summed E-state index contributed by atoms with van der Waals surface area (Å²) < 4.78 is 0. The molecule has 0 aliphatic carbocycles. The second kappa shape index (κ2) is 10.8. The highest BCUT2D eigenvalue weighted by Crippen LogP contribution is 2.03. The summed E-state index contributed by atoms with van der Waals surface area (Å²) in [5.74, 6) is 0. The van der Waals surface area contributed by atoms with Gasteiger partial charge in [0.05, 0.1) is 11.4 Å². The van der Waals surface area contributed by atoms with Crippen molar-refractivity contribution in [3.05, 3.63) is 54.5 Å². The molecular weight excluding hydrogens is 208 g/mol. The molecule has 0 atom stereocenters. The van der Waals surface area contributed by atoms with Crippen LogP contribution in [-0.4, -0.2) is 10.7 Å². The summed E-state index contributed by atoms with van der Waals surface area (Å²) in [5, 5.41) is 0. The van der Waals surface area contributed by atoms with Crippen molar-refractivity contribution in [1.29, 1.82) is 0 Å². The maximum atomic E-state index is 4.28. The lowest BCUT2D eigenvalue weighted by Crippen LogP contribution is -1.97. The Bertz CT molecular complexity index is 362. The van der Waals surface area contributed by atoms with Crippen molar-refractivity contribution >= 4 is 5.71 Å². The zero-order valence-electron chi connectivity index (χ0n) is 11.2. The molecule has 2 rings (SSSR count). The van der Waals surface area contributed by atoms with Crippen LogP contribution in [0.25, 0.3) is 0 Å². The van der Waals surface area contributed by atoms with E-state index in [-0.39, 0.29) is 0 Å². The van der Waals surface area contributed by atoms with Gasteiger partial charge in [-0.25, -0.2) is 0 Å². The van der Waals surface area contributed by atoms with Crippen molar-refractivity contribution in [2.75, 3.05) is 0 Å². The highest BCUT2D eigenvalue weighted by molar-refractivity contribution is 6.07. The van der Waals surface area contributed by atoms with Crippen molar-refractivity contribution in [3.8, 4) is 0 Å². The van der Waals surface area contributed by atoms with Crippen LogP contribution >= 0.6 is 0 Å². The standard InChI is InChI=1S/C11H10N2.2C2H6/c1-2-6-10(12-8-4-1)11-7-3-5-9-13-11;2*1-2/h2-9H,1H2;2*1-2H3. The molecule has 2 heteroatoms. The lowest BCUT2D eigenvalue weighted by Gasteiger charge is -1.96. The molecule has 0 amide bonds. The molecule has 2 nitrogen and oxygen atoms in total. The molecule has 0 radical (unpaired) electrons. The minimum atomic E-state index is 0.922. The molecule has 1 aromatic rings. The smallest absolute Gasteiger partial charge is 0.0885 e. The molecule has 0 fully saturated rings. The van der Waals surface area contributed by atoms with E-state index in [1.165, 1.54) is 0 Å². The lowest BCUT2D eigenvalue weighted by molar-refractivity contribution is 1.29. The molecule has 0 saturated heterocycles. The van der Waals surface area contributed by atoms with Crippen molar-refractivity contribution in [2.24, 2.45) is 4.99 Å². The van der Waals surface area contributed by atoms with Crippen LogP contribution in [-0.2, 0) is 0 Å².